The third-order valence-electron chi connectivity index (χ3n) is 14.9. The van der Waals surface area contributed by atoms with E-state index in [-0.39, 0.29) is 19.0 Å². The normalized spacial score (nSPS) is 11.5. The van der Waals surface area contributed by atoms with E-state index in [0.717, 1.165) is 112 Å². The van der Waals surface area contributed by atoms with Crippen molar-refractivity contribution in [2.45, 2.75) is 45.9 Å². The van der Waals surface area contributed by atoms with E-state index in [1.165, 1.54) is 0 Å². The molecule has 11 aromatic carbocycles. The molecular formula is C81H74O9. The molecule has 0 aliphatic carbocycles. The number of rotatable bonds is 28. The summed E-state index contributed by atoms with van der Waals surface area (Å²) in [7, 11) is 0. The molecule has 11 aromatic rings. The van der Waals surface area contributed by atoms with Crippen molar-refractivity contribution in [2.75, 3.05) is 26.4 Å². The molecule has 0 spiro atoms. The first-order valence-electron chi connectivity index (χ1n) is 30.4. The molecule has 9 nitrogen and oxygen atoms in total. The van der Waals surface area contributed by atoms with Crippen molar-refractivity contribution < 1.29 is 43.7 Å². The van der Waals surface area contributed by atoms with Crippen molar-refractivity contribution >= 4 is 22.3 Å². The van der Waals surface area contributed by atoms with E-state index in [9.17, 15) is 15.3 Å². The van der Waals surface area contributed by atoms with Crippen LogP contribution in [0.5, 0.6) is 34.5 Å². The highest BCUT2D eigenvalue weighted by atomic mass is 16.5. The first-order chi connectivity index (χ1) is 44.4. The molecule has 0 bridgehead atoms. The molecule has 0 amide bonds. The maximum absolute atomic E-state index is 10.3. The van der Waals surface area contributed by atoms with Crippen molar-refractivity contribution in [1.29, 1.82) is 0 Å². The summed E-state index contributed by atoms with van der Waals surface area (Å²) in [5.41, 5.74) is 15.6. The second kappa shape index (κ2) is 33.6. The summed E-state index contributed by atoms with van der Waals surface area (Å²) in [5.74, 6) is 4.11. The summed E-state index contributed by atoms with van der Waals surface area (Å²) in [5, 5.41) is 30.3. The van der Waals surface area contributed by atoms with Gasteiger partial charge in [-0.15, -0.1) is 0 Å². The van der Waals surface area contributed by atoms with E-state index in [2.05, 4.69) is 72.8 Å². The minimum absolute atomic E-state index is 0.00143. The number of aliphatic hydroxyl groups excluding tert-OH is 2. The molecule has 0 saturated heterocycles. The SMILES string of the molecule is OCC/C(=C(\c1ccc(OCCOCc2ccccc2)cc1)c1ccc(OCc2ccccc2)cc1)c1ccc(OCc2ccccc2)cc1.OCCC(=C(c1ccc(O)cc1)c1ccc(OCc2ccccc2)cc1)c1ccc(OCc2ccccc2)cc1. The Morgan fingerprint density at radius 3 is 0.767 bits per heavy atom. The third kappa shape index (κ3) is 18.8. The van der Waals surface area contributed by atoms with Crippen LogP contribution >= 0.6 is 0 Å². The van der Waals surface area contributed by atoms with Crippen LogP contribution in [0.3, 0.4) is 0 Å². The molecule has 3 N–H and O–H groups in total. The van der Waals surface area contributed by atoms with E-state index in [0.29, 0.717) is 59.1 Å². The highest BCUT2D eigenvalue weighted by molar-refractivity contribution is 6.00. The van der Waals surface area contributed by atoms with E-state index in [1.807, 2.05) is 212 Å². The fraction of sp³-hybridized carbons (Fsp3) is 0.136. The highest BCUT2D eigenvalue weighted by Crippen LogP contribution is 2.39. The van der Waals surface area contributed by atoms with Crippen LogP contribution in [-0.2, 0) is 37.8 Å². The predicted octanol–water partition coefficient (Wildman–Crippen LogP) is 17.7. The summed E-state index contributed by atoms with van der Waals surface area (Å²) >= 11 is 0. The number of benzene rings is 11. The summed E-state index contributed by atoms with van der Waals surface area (Å²) in [6, 6.07) is 98.1. The Hall–Kier alpha value is -10.4. The zero-order valence-electron chi connectivity index (χ0n) is 50.4. The van der Waals surface area contributed by atoms with E-state index >= 15 is 0 Å². The van der Waals surface area contributed by atoms with E-state index in [1.54, 1.807) is 12.1 Å². The van der Waals surface area contributed by atoms with Gasteiger partial charge in [-0.05, 0) is 169 Å². The molecule has 11 rings (SSSR count). The maximum atomic E-state index is 10.3. The largest absolute Gasteiger partial charge is 0.508 e. The molecule has 0 radical (unpaired) electrons. The molecule has 0 atom stereocenters. The second-order valence-electron chi connectivity index (χ2n) is 21.3. The minimum Gasteiger partial charge on any atom is -0.508 e. The van der Waals surface area contributed by atoms with Gasteiger partial charge in [-0.1, -0.05) is 224 Å². The lowest BCUT2D eigenvalue weighted by Crippen LogP contribution is -2.06. The van der Waals surface area contributed by atoms with Gasteiger partial charge >= 0.3 is 0 Å². The van der Waals surface area contributed by atoms with Crippen LogP contribution in [0.15, 0.2) is 297 Å². The fourth-order valence-electron chi connectivity index (χ4n) is 10.3. The third-order valence-corrected chi connectivity index (χ3v) is 14.9. The Balaban J connectivity index is 0.000000203. The van der Waals surface area contributed by atoms with Gasteiger partial charge in [0.2, 0.25) is 0 Å². The van der Waals surface area contributed by atoms with Gasteiger partial charge in [0.15, 0.2) is 0 Å². The van der Waals surface area contributed by atoms with Crippen LogP contribution in [0, 0.1) is 0 Å². The zero-order chi connectivity index (χ0) is 61.8. The molecule has 0 fully saturated rings. The molecule has 9 heteroatoms. The lowest BCUT2D eigenvalue weighted by Gasteiger charge is -2.18. The Bertz CT molecular complexity index is 3920. The van der Waals surface area contributed by atoms with Crippen molar-refractivity contribution in [1.82, 2.24) is 0 Å². The Labute approximate surface area is 528 Å². The van der Waals surface area contributed by atoms with Gasteiger partial charge in [0.1, 0.15) is 67.5 Å². The molecular weight excluding hydrogens is 1120 g/mol. The van der Waals surface area contributed by atoms with Gasteiger partial charge in [-0.3, -0.25) is 0 Å². The number of hydrogen-bond donors (Lipinski definition) is 3. The number of ether oxygens (including phenoxy) is 6. The van der Waals surface area contributed by atoms with Gasteiger partial charge in [0.05, 0.1) is 13.2 Å². The molecule has 0 aliphatic rings. The lowest BCUT2D eigenvalue weighted by molar-refractivity contribution is 0.0889. The summed E-state index contributed by atoms with van der Waals surface area (Å²) in [6.45, 7) is 3.50. The Morgan fingerprint density at radius 1 is 0.244 bits per heavy atom. The first kappa shape index (κ1) is 62.6. The summed E-state index contributed by atoms with van der Waals surface area (Å²) < 4.78 is 36.0. The van der Waals surface area contributed by atoms with Crippen LogP contribution in [0.1, 0.15) is 74.0 Å². The first-order valence-corrected chi connectivity index (χ1v) is 30.4. The zero-order valence-corrected chi connectivity index (χ0v) is 50.4. The summed E-state index contributed by atoms with van der Waals surface area (Å²) in [4.78, 5) is 0. The van der Waals surface area contributed by atoms with E-state index < -0.39 is 0 Å². The molecule has 90 heavy (non-hydrogen) atoms. The average Bonchev–Trinajstić information content (AvgIpc) is 1.56. The van der Waals surface area contributed by atoms with Gasteiger partial charge < -0.3 is 43.7 Å². The van der Waals surface area contributed by atoms with Crippen LogP contribution in [-0.4, -0.2) is 41.7 Å². The number of aromatic hydroxyl groups is 1. The number of hydrogen-bond acceptors (Lipinski definition) is 9. The summed E-state index contributed by atoms with van der Waals surface area (Å²) in [6.07, 6.45) is 0.940. The number of aliphatic hydroxyl groups is 2. The number of phenolic OH excluding ortho intramolecular Hbond substituents is 1. The Kier molecular flexibility index (Phi) is 23.4. The van der Waals surface area contributed by atoms with Gasteiger partial charge in [0.25, 0.3) is 0 Å². The quantitative estimate of drug-likeness (QED) is 0.0326. The standard InChI is InChI=1S/C45H42O5.C36H32O4/c46-29-28-44(38-16-22-42(23-17-38)49-33-36-12-6-2-7-13-36)45(40-20-26-43(27-21-40)50-34-37-14-8-3-9-15-37)39-18-24-41(25-19-39)48-31-30-47-32-35-10-4-1-5-11-35;37-24-23-35(29-13-19-33(20-14-29)39-25-27-7-3-1-4-8-27)36(30-11-17-32(38)18-12-30)31-15-21-34(22-16-31)40-26-28-9-5-2-6-10-28/h1-27,46H,28-34H2;1-22,37-38H,23-26H2/b45-44-;. The van der Waals surface area contributed by atoms with Crippen molar-refractivity contribution in [3.8, 4) is 34.5 Å². The van der Waals surface area contributed by atoms with Crippen molar-refractivity contribution in [2.24, 2.45) is 0 Å². The van der Waals surface area contributed by atoms with Gasteiger partial charge in [-0.2, -0.15) is 0 Å². The Morgan fingerprint density at radius 2 is 0.489 bits per heavy atom. The van der Waals surface area contributed by atoms with Crippen LogP contribution in [0.2, 0.25) is 0 Å². The van der Waals surface area contributed by atoms with E-state index in [4.69, 9.17) is 28.4 Å². The topological polar surface area (TPSA) is 116 Å². The molecule has 0 saturated carbocycles. The highest BCUT2D eigenvalue weighted by Gasteiger charge is 2.18. The maximum Gasteiger partial charge on any atom is 0.119 e. The molecule has 0 heterocycles. The lowest BCUT2D eigenvalue weighted by atomic mass is 9.88. The van der Waals surface area contributed by atoms with Gasteiger partial charge in [-0.25, -0.2) is 0 Å². The molecule has 452 valence electrons. The molecule has 0 aromatic heterocycles. The van der Waals surface area contributed by atoms with Crippen molar-refractivity contribution in [3.05, 3.63) is 358 Å². The fourth-order valence-corrected chi connectivity index (χ4v) is 10.3. The van der Waals surface area contributed by atoms with Crippen molar-refractivity contribution in [3.63, 3.8) is 0 Å². The van der Waals surface area contributed by atoms with Crippen LogP contribution < -0.4 is 23.7 Å². The second-order valence-corrected chi connectivity index (χ2v) is 21.3. The minimum atomic E-state index is 0.00143. The van der Waals surface area contributed by atoms with Crippen LogP contribution in [0.4, 0.5) is 0 Å². The monoisotopic (exact) mass is 1190 g/mol. The average molecular weight is 1190 g/mol. The number of phenols is 1. The molecule has 0 aliphatic heterocycles. The smallest absolute Gasteiger partial charge is 0.119 e. The van der Waals surface area contributed by atoms with Crippen LogP contribution in [0.25, 0.3) is 22.3 Å². The molecule has 0 unspecified atom stereocenters. The predicted molar refractivity (Wildman–Crippen MR) is 360 cm³/mol. The van der Waals surface area contributed by atoms with Gasteiger partial charge in [0, 0.05) is 13.2 Å².